The lowest BCUT2D eigenvalue weighted by Crippen LogP contribution is -2.06. The Kier molecular flexibility index (Phi) is 3.88. The molecule has 0 aromatic carbocycles. The van der Waals surface area contributed by atoms with Gasteiger partial charge < -0.3 is 0 Å². The Bertz CT molecular complexity index is 156. The van der Waals surface area contributed by atoms with Gasteiger partial charge in [-0.15, -0.1) is 0 Å². The van der Waals surface area contributed by atoms with Gasteiger partial charge in [-0.3, -0.25) is 14.4 Å². The number of hydrogen-bond acceptors (Lipinski definition) is 3. The van der Waals surface area contributed by atoms with E-state index in [0.29, 0.717) is 0 Å². The number of rotatable bonds is 4. The van der Waals surface area contributed by atoms with Crippen LogP contribution in [0.4, 0.5) is 0 Å². The summed E-state index contributed by atoms with van der Waals surface area (Å²) >= 11 is 4.89. The van der Waals surface area contributed by atoms with Gasteiger partial charge in [-0.25, -0.2) is 0 Å². The molecule has 10 heavy (non-hydrogen) atoms. The van der Waals surface area contributed by atoms with Crippen molar-refractivity contribution in [2.24, 2.45) is 0 Å². The van der Waals surface area contributed by atoms with Crippen molar-refractivity contribution in [3.05, 3.63) is 0 Å². The van der Waals surface area contributed by atoms with Gasteiger partial charge in [0.15, 0.2) is 0 Å². The first kappa shape index (κ1) is 9.30. The summed E-state index contributed by atoms with van der Waals surface area (Å²) in [5, 5.41) is -0.716. The highest BCUT2D eigenvalue weighted by atomic mass is 35.5. The number of hydrogen-bond donors (Lipinski definition) is 0. The fourth-order valence-electron chi connectivity index (χ4n) is 0.495. The smallest absolute Gasteiger partial charge is 0.229 e. The summed E-state index contributed by atoms with van der Waals surface area (Å²) in [4.78, 5) is 30.9. The minimum absolute atomic E-state index is 0.196. The predicted molar refractivity (Wildman–Crippen MR) is 35.8 cm³/mol. The van der Waals surface area contributed by atoms with Crippen molar-refractivity contribution in [3.8, 4) is 0 Å². The highest BCUT2D eigenvalue weighted by Crippen LogP contribution is 1.94. The zero-order valence-electron chi connectivity index (χ0n) is 5.52. The Morgan fingerprint density at radius 2 is 1.70 bits per heavy atom. The second kappa shape index (κ2) is 4.17. The van der Waals surface area contributed by atoms with Crippen molar-refractivity contribution in [1.82, 2.24) is 0 Å². The van der Waals surface area contributed by atoms with Crippen molar-refractivity contribution < 1.29 is 14.4 Å². The van der Waals surface area contributed by atoms with Gasteiger partial charge in [-0.05, 0) is 18.5 Å². The molecule has 56 valence electrons. The standard InChI is InChI=1S/C6H7ClO3/c1-4(8)2-5(9)3-6(7)10/h2-3H2,1H3. The van der Waals surface area contributed by atoms with Gasteiger partial charge in [0.1, 0.15) is 11.6 Å². The minimum Gasteiger partial charge on any atom is -0.300 e. The maximum atomic E-state index is 10.5. The monoisotopic (exact) mass is 162 g/mol. The van der Waals surface area contributed by atoms with Crippen LogP contribution in [0.15, 0.2) is 0 Å². The molecule has 0 rings (SSSR count). The molecule has 3 nitrogen and oxygen atoms in total. The second-order valence-corrected chi connectivity index (χ2v) is 2.37. The quantitative estimate of drug-likeness (QED) is 0.452. The van der Waals surface area contributed by atoms with E-state index in [2.05, 4.69) is 0 Å². The Labute approximate surface area is 63.4 Å². The van der Waals surface area contributed by atoms with Crippen molar-refractivity contribution in [2.75, 3.05) is 0 Å². The third kappa shape index (κ3) is 5.44. The number of carbonyl (C=O) groups excluding carboxylic acids is 3. The van der Waals surface area contributed by atoms with E-state index in [1.54, 1.807) is 0 Å². The molecule has 0 radical (unpaired) electrons. The van der Waals surface area contributed by atoms with Crippen LogP contribution in [-0.4, -0.2) is 16.8 Å². The van der Waals surface area contributed by atoms with Gasteiger partial charge >= 0.3 is 0 Å². The topological polar surface area (TPSA) is 51.2 Å². The number of carbonyl (C=O) groups is 3. The molecule has 0 aliphatic rings. The molecule has 0 unspecified atom stereocenters. The molecule has 0 atom stereocenters. The average Bonchev–Trinajstić information content (AvgIpc) is 1.58. The van der Waals surface area contributed by atoms with E-state index >= 15 is 0 Å². The van der Waals surface area contributed by atoms with E-state index in [4.69, 9.17) is 11.6 Å². The van der Waals surface area contributed by atoms with Crippen molar-refractivity contribution in [1.29, 1.82) is 0 Å². The molecule has 0 fully saturated rings. The van der Waals surface area contributed by atoms with Crippen LogP contribution >= 0.6 is 11.6 Å². The zero-order chi connectivity index (χ0) is 8.15. The summed E-state index contributed by atoms with van der Waals surface area (Å²) in [6.07, 6.45) is -0.542. The number of ketones is 2. The first-order chi connectivity index (χ1) is 4.52. The summed E-state index contributed by atoms with van der Waals surface area (Å²) < 4.78 is 0. The third-order valence-corrected chi connectivity index (χ3v) is 0.916. The van der Waals surface area contributed by atoms with E-state index in [1.165, 1.54) is 6.92 Å². The van der Waals surface area contributed by atoms with Gasteiger partial charge in [0, 0.05) is 0 Å². The zero-order valence-corrected chi connectivity index (χ0v) is 6.27. The lowest BCUT2D eigenvalue weighted by atomic mass is 10.2. The lowest BCUT2D eigenvalue weighted by Gasteiger charge is -1.89. The van der Waals surface area contributed by atoms with Gasteiger partial charge in [0.2, 0.25) is 5.24 Å². The first-order valence-corrected chi connectivity index (χ1v) is 3.09. The molecule has 0 saturated carbocycles. The molecule has 4 heteroatoms. The Morgan fingerprint density at radius 1 is 1.20 bits per heavy atom. The maximum absolute atomic E-state index is 10.5. The molecular weight excluding hydrogens is 156 g/mol. The van der Waals surface area contributed by atoms with E-state index < -0.39 is 11.0 Å². The molecule has 0 bridgehead atoms. The molecule has 0 amide bonds. The van der Waals surface area contributed by atoms with Gasteiger partial charge in [-0.2, -0.15) is 0 Å². The molecule has 0 heterocycles. The van der Waals surface area contributed by atoms with Gasteiger partial charge in [0.05, 0.1) is 12.8 Å². The molecular formula is C6H7ClO3. The highest BCUT2D eigenvalue weighted by molar-refractivity contribution is 6.65. The van der Waals surface area contributed by atoms with Crippen LogP contribution in [0.5, 0.6) is 0 Å². The summed E-state index contributed by atoms with van der Waals surface area (Å²) in [5.41, 5.74) is 0. The molecule has 0 aliphatic carbocycles. The maximum Gasteiger partial charge on any atom is 0.229 e. The fourth-order valence-corrected chi connectivity index (χ4v) is 0.644. The summed E-state index contributed by atoms with van der Waals surface area (Å²) in [5.74, 6) is -0.671. The van der Waals surface area contributed by atoms with Crippen LogP contribution in [0.1, 0.15) is 19.8 Å². The van der Waals surface area contributed by atoms with E-state index in [0.717, 1.165) is 0 Å². The third-order valence-electron chi connectivity index (χ3n) is 0.782. The van der Waals surface area contributed by atoms with Gasteiger partial charge in [0.25, 0.3) is 0 Å². The molecule has 0 spiro atoms. The fraction of sp³-hybridized carbons (Fsp3) is 0.500. The molecule has 0 N–H and O–H groups in total. The van der Waals surface area contributed by atoms with E-state index in [-0.39, 0.29) is 18.6 Å². The minimum atomic E-state index is -0.716. The molecule has 0 aromatic heterocycles. The van der Waals surface area contributed by atoms with E-state index in [1.807, 2.05) is 0 Å². The molecule has 0 aliphatic heterocycles. The summed E-state index contributed by atoms with van der Waals surface area (Å²) in [6, 6.07) is 0. The van der Waals surface area contributed by atoms with Crippen LogP contribution in [0.25, 0.3) is 0 Å². The summed E-state index contributed by atoms with van der Waals surface area (Å²) in [6.45, 7) is 1.29. The second-order valence-electron chi connectivity index (χ2n) is 1.95. The Morgan fingerprint density at radius 3 is 2.00 bits per heavy atom. The largest absolute Gasteiger partial charge is 0.300 e. The Balaban J connectivity index is 3.65. The van der Waals surface area contributed by atoms with Crippen LogP contribution in [0, 0.1) is 0 Å². The van der Waals surface area contributed by atoms with Crippen LogP contribution < -0.4 is 0 Å². The predicted octanol–water partition coefficient (Wildman–Crippen LogP) is 0.690. The van der Waals surface area contributed by atoms with Crippen molar-refractivity contribution in [2.45, 2.75) is 19.8 Å². The van der Waals surface area contributed by atoms with Crippen molar-refractivity contribution >= 4 is 28.4 Å². The van der Waals surface area contributed by atoms with Crippen LogP contribution in [-0.2, 0) is 14.4 Å². The SMILES string of the molecule is CC(=O)CC(=O)CC(=O)Cl. The van der Waals surface area contributed by atoms with Crippen LogP contribution in [0.3, 0.4) is 0 Å². The Hall–Kier alpha value is -0.700. The highest BCUT2D eigenvalue weighted by Gasteiger charge is 2.08. The normalized spacial score (nSPS) is 9.00. The average molecular weight is 163 g/mol. The number of Topliss-reactive ketones (excluding diaryl/α,β-unsaturated/α-hetero) is 2. The first-order valence-electron chi connectivity index (χ1n) is 2.72. The van der Waals surface area contributed by atoms with E-state index in [9.17, 15) is 14.4 Å². The van der Waals surface area contributed by atoms with Gasteiger partial charge in [-0.1, -0.05) is 0 Å². The lowest BCUT2D eigenvalue weighted by molar-refractivity contribution is -0.127. The summed E-state index contributed by atoms with van der Waals surface area (Å²) in [7, 11) is 0. The molecule has 0 saturated heterocycles. The van der Waals surface area contributed by atoms with Crippen LogP contribution in [0.2, 0.25) is 0 Å². The number of halogens is 1. The van der Waals surface area contributed by atoms with Crippen molar-refractivity contribution in [3.63, 3.8) is 0 Å². The molecule has 0 aromatic rings.